The van der Waals surface area contributed by atoms with Crippen LogP contribution in [0.5, 0.6) is 0 Å². The van der Waals surface area contributed by atoms with Gasteiger partial charge in [0.2, 0.25) is 5.91 Å². The Morgan fingerprint density at radius 2 is 1.67 bits per heavy atom. The normalized spacial score (nSPS) is 11.5. The Kier molecular flexibility index (Phi) is 8.52. The van der Waals surface area contributed by atoms with Crippen molar-refractivity contribution in [1.29, 1.82) is 0 Å². The zero-order valence-corrected chi connectivity index (χ0v) is 19.9. The van der Waals surface area contributed by atoms with E-state index in [-0.39, 0.29) is 35.3 Å². The molecule has 0 radical (unpaired) electrons. The number of carbonyl (C=O) groups excluding carboxylic acids is 3. The Morgan fingerprint density at radius 3 is 2.36 bits per heavy atom. The first kappa shape index (κ1) is 24.8. The van der Waals surface area contributed by atoms with Gasteiger partial charge >= 0.3 is 0 Å². The molecule has 0 fully saturated rings. The van der Waals surface area contributed by atoms with Gasteiger partial charge in [-0.15, -0.1) is 0 Å². The first-order chi connectivity index (χ1) is 15.8. The number of benzene rings is 3. The maximum absolute atomic E-state index is 13.2. The third-order valence-corrected chi connectivity index (χ3v) is 6.11. The average Bonchev–Trinajstić information content (AvgIpc) is 2.82. The summed E-state index contributed by atoms with van der Waals surface area (Å²) in [6, 6.07) is 17.9. The molecule has 0 bridgehead atoms. The van der Waals surface area contributed by atoms with Crippen molar-refractivity contribution in [2.24, 2.45) is 0 Å². The summed E-state index contributed by atoms with van der Waals surface area (Å²) >= 11 is 16.3. The first-order valence-electron chi connectivity index (χ1n) is 10.0. The lowest BCUT2D eigenvalue weighted by atomic mass is 10.0. The summed E-state index contributed by atoms with van der Waals surface area (Å²) in [4.78, 5) is 38.2. The lowest BCUT2D eigenvalue weighted by Crippen LogP contribution is -2.67. The minimum atomic E-state index is -0.552. The number of thiol groups is 1. The van der Waals surface area contributed by atoms with Gasteiger partial charge in [0, 0.05) is 16.8 Å². The molecule has 0 aliphatic rings. The van der Waals surface area contributed by atoms with Crippen molar-refractivity contribution < 1.29 is 20.1 Å². The van der Waals surface area contributed by atoms with Crippen molar-refractivity contribution in [3.63, 3.8) is 0 Å². The van der Waals surface area contributed by atoms with E-state index in [9.17, 15) is 14.4 Å². The highest BCUT2D eigenvalue weighted by atomic mass is 35.5. The fourth-order valence-corrected chi connectivity index (χ4v) is 3.60. The smallest absolute Gasteiger partial charge is 0.283 e. The molecule has 9 heteroatoms. The Balaban J connectivity index is 1.90. The molecule has 0 aromatic heterocycles. The van der Waals surface area contributed by atoms with Crippen molar-refractivity contribution in [2.45, 2.75) is 12.5 Å². The van der Waals surface area contributed by atoms with Crippen molar-refractivity contribution in [2.75, 3.05) is 16.4 Å². The van der Waals surface area contributed by atoms with Gasteiger partial charge in [0.25, 0.3) is 5.91 Å². The number of hydrogen-bond acceptors (Lipinski definition) is 4. The summed E-state index contributed by atoms with van der Waals surface area (Å²) in [5, 5.41) is 6.16. The van der Waals surface area contributed by atoms with E-state index in [0.29, 0.717) is 32.5 Å². The van der Waals surface area contributed by atoms with Gasteiger partial charge in [-0.25, -0.2) is 0 Å². The van der Waals surface area contributed by atoms with E-state index in [4.69, 9.17) is 23.2 Å². The van der Waals surface area contributed by atoms with Crippen LogP contribution in [0.3, 0.4) is 0 Å². The van der Waals surface area contributed by atoms with Crippen LogP contribution >= 0.6 is 35.8 Å². The van der Waals surface area contributed by atoms with Crippen molar-refractivity contribution in [3.8, 4) is 0 Å². The SMILES string of the molecule is [NH3+][C@@H](CS)C(=O)Nc1ccc(NC(=O)Cc2cccc(Cl)c2Cl)c(C(=O)c2ccccc2)c1. The molecule has 2 amide bonds. The van der Waals surface area contributed by atoms with Crippen LogP contribution in [0, 0.1) is 0 Å². The highest BCUT2D eigenvalue weighted by Gasteiger charge is 2.20. The van der Waals surface area contributed by atoms with E-state index in [1.165, 1.54) is 6.07 Å². The molecule has 170 valence electrons. The number of amides is 2. The first-order valence-corrected chi connectivity index (χ1v) is 11.4. The molecule has 0 saturated carbocycles. The van der Waals surface area contributed by atoms with Gasteiger partial charge in [-0.3, -0.25) is 14.4 Å². The average molecular weight is 503 g/mol. The molecule has 3 aromatic rings. The zero-order chi connectivity index (χ0) is 24.0. The molecule has 0 aliphatic heterocycles. The van der Waals surface area contributed by atoms with E-state index in [0.717, 1.165) is 0 Å². The number of hydrogen-bond donors (Lipinski definition) is 4. The largest absolute Gasteiger partial charge is 0.347 e. The van der Waals surface area contributed by atoms with Crippen LogP contribution in [-0.4, -0.2) is 29.4 Å². The second kappa shape index (κ2) is 11.3. The van der Waals surface area contributed by atoms with Gasteiger partial charge in [0.1, 0.15) is 0 Å². The van der Waals surface area contributed by atoms with Crippen molar-refractivity contribution in [3.05, 3.63) is 93.5 Å². The Hall–Kier alpha value is -2.84. The van der Waals surface area contributed by atoms with Gasteiger partial charge in [0.15, 0.2) is 11.8 Å². The number of rotatable bonds is 8. The Morgan fingerprint density at radius 1 is 0.939 bits per heavy atom. The Bertz CT molecular complexity index is 1190. The quantitative estimate of drug-likeness (QED) is 0.277. The number of nitrogens with one attached hydrogen (secondary N) is 2. The van der Waals surface area contributed by atoms with Crippen LogP contribution in [0.4, 0.5) is 11.4 Å². The number of anilines is 2. The molecule has 3 aromatic carbocycles. The fraction of sp³-hybridized carbons (Fsp3) is 0.125. The second-order valence-electron chi connectivity index (χ2n) is 7.26. The van der Waals surface area contributed by atoms with Crippen LogP contribution < -0.4 is 16.4 Å². The molecule has 5 N–H and O–H groups in total. The molecule has 0 unspecified atom stereocenters. The van der Waals surface area contributed by atoms with E-state index in [2.05, 4.69) is 29.0 Å². The Labute approximate surface area is 206 Å². The molecule has 0 spiro atoms. The molecule has 0 heterocycles. The monoisotopic (exact) mass is 502 g/mol. The van der Waals surface area contributed by atoms with Gasteiger partial charge < -0.3 is 16.4 Å². The molecule has 3 rings (SSSR count). The van der Waals surface area contributed by atoms with Gasteiger partial charge in [-0.1, -0.05) is 65.7 Å². The molecule has 0 aliphatic carbocycles. The number of halogens is 2. The summed E-state index contributed by atoms with van der Waals surface area (Å²) in [7, 11) is 0. The zero-order valence-electron chi connectivity index (χ0n) is 17.5. The van der Waals surface area contributed by atoms with E-state index >= 15 is 0 Å². The summed E-state index contributed by atoms with van der Waals surface area (Å²) in [6.45, 7) is 0. The molecule has 0 saturated heterocycles. The van der Waals surface area contributed by atoms with Crippen molar-refractivity contribution in [1.82, 2.24) is 0 Å². The molecular weight excluding hydrogens is 481 g/mol. The highest BCUT2D eigenvalue weighted by molar-refractivity contribution is 7.80. The molecule has 1 atom stereocenters. The summed E-state index contributed by atoms with van der Waals surface area (Å²) < 4.78 is 0. The third kappa shape index (κ3) is 6.36. The predicted octanol–water partition coefficient (Wildman–Crippen LogP) is 3.88. The van der Waals surface area contributed by atoms with E-state index in [1.807, 2.05) is 0 Å². The van der Waals surface area contributed by atoms with Crippen LogP contribution in [-0.2, 0) is 16.0 Å². The van der Waals surface area contributed by atoms with Crippen LogP contribution in [0.1, 0.15) is 21.5 Å². The maximum Gasteiger partial charge on any atom is 0.283 e. The van der Waals surface area contributed by atoms with Gasteiger partial charge in [-0.05, 0) is 29.8 Å². The fourth-order valence-electron chi connectivity index (χ4n) is 3.04. The third-order valence-electron chi connectivity index (χ3n) is 4.82. The number of quaternary nitrogens is 1. The van der Waals surface area contributed by atoms with Gasteiger partial charge in [-0.2, -0.15) is 12.6 Å². The van der Waals surface area contributed by atoms with E-state index in [1.54, 1.807) is 60.7 Å². The summed E-state index contributed by atoms with van der Waals surface area (Å²) in [6.07, 6.45) is -0.0258. The lowest BCUT2D eigenvalue weighted by Gasteiger charge is -2.14. The summed E-state index contributed by atoms with van der Waals surface area (Å²) in [5.74, 6) is -0.716. The summed E-state index contributed by atoms with van der Waals surface area (Å²) in [5.41, 5.74) is 5.69. The minimum Gasteiger partial charge on any atom is -0.347 e. The molecule has 6 nitrogen and oxygen atoms in total. The lowest BCUT2D eigenvalue weighted by molar-refractivity contribution is -0.395. The van der Waals surface area contributed by atoms with Crippen LogP contribution in [0.2, 0.25) is 10.0 Å². The van der Waals surface area contributed by atoms with Gasteiger partial charge in [0.05, 0.1) is 27.9 Å². The van der Waals surface area contributed by atoms with Crippen LogP contribution in [0.15, 0.2) is 66.7 Å². The molecular formula is C24H22Cl2N3O3S+. The maximum atomic E-state index is 13.2. The topological polar surface area (TPSA) is 103 Å². The minimum absolute atomic E-state index is 0.0258. The second-order valence-corrected chi connectivity index (χ2v) is 8.41. The van der Waals surface area contributed by atoms with Crippen LogP contribution in [0.25, 0.3) is 0 Å². The predicted molar refractivity (Wildman–Crippen MR) is 134 cm³/mol. The number of ketones is 1. The molecule has 33 heavy (non-hydrogen) atoms. The van der Waals surface area contributed by atoms with Crippen molar-refractivity contribution >= 4 is 64.8 Å². The standard InChI is InChI=1S/C24H21Cl2N3O3S/c25-18-8-4-7-15(22(18)26)11-21(30)29-20-10-9-16(28-24(32)19(27)13-33)12-17(20)23(31)14-5-2-1-3-6-14/h1-10,12,19,33H,11,13,27H2,(H,28,32)(H,29,30)/p+1/t19-/m0/s1. The highest BCUT2D eigenvalue weighted by Crippen LogP contribution is 2.27. The number of carbonyl (C=O) groups is 3. The van der Waals surface area contributed by atoms with E-state index < -0.39 is 6.04 Å².